The number of aliphatic hydroxyl groups excluding tert-OH is 1. The standard InChI is InChI=1S/C25H26ClFNO2.C7H12O2.H2N.W/c1-2-7-19(29)16-30-24-11-6-10-20(25(24)27)21-14-18(12-13-23(21)26)22(15-28)17-8-4-3-5-9-17;8-7(9)6-4-2-1-3-5-6;;/h3-6,8-9,11-14,19,22,29H,2,7,15-16,28H2,1H3;6H,1-5H2,(H,8,9);1H2;/q-1;;-1;+2/t19-,22?;;;/m0.../s1. The van der Waals surface area contributed by atoms with Crippen molar-refractivity contribution < 1.29 is 45.2 Å². The van der Waals surface area contributed by atoms with Gasteiger partial charge < -0.3 is 26.8 Å². The molecule has 0 aromatic heterocycles. The number of benzene rings is 3. The SMILES string of the molecule is CCC[C@H](O)COc1cc[c-]c(-c2cc(C(CN)c3ccccc3)ccc2Cl)c1F.O=C(O)C1CCCCC1.[NH2-].[W+2]. The second kappa shape index (κ2) is 19.0. The fraction of sp³-hybridized carbons (Fsp3) is 0.406. The molecule has 0 radical (unpaired) electrons. The van der Waals surface area contributed by atoms with Gasteiger partial charge in [0.1, 0.15) is 6.61 Å². The van der Waals surface area contributed by atoms with Crippen molar-refractivity contribution in [3.05, 3.63) is 94.8 Å². The Morgan fingerprint density at radius 3 is 2.39 bits per heavy atom. The summed E-state index contributed by atoms with van der Waals surface area (Å²) in [4.78, 5) is 10.4. The minimum Gasteiger partial charge on any atom is -0.693 e. The van der Waals surface area contributed by atoms with Crippen molar-refractivity contribution in [3.63, 3.8) is 0 Å². The Morgan fingerprint density at radius 2 is 1.80 bits per heavy atom. The van der Waals surface area contributed by atoms with E-state index in [1.54, 1.807) is 12.1 Å². The number of hydrogen-bond acceptors (Lipinski definition) is 4. The summed E-state index contributed by atoms with van der Waals surface area (Å²) in [6.07, 6.45) is 6.03. The van der Waals surface area contributed by atoms with Crippen molar-refractivity contribution >= 4 is 17.6 Å². The number of ether oxygens (including phenoxy) is 1. The Hall–Kier alpha value is -2.28. The number of carboxylic acids is 1. The van der Waals surface area contributed by atoms with Crippen LogP contribution in [0.15, 0.2) is 60.7 Å². The van der Waals surface area contributed by atoms with Crippen LogP contribution in [-0.4, -0.2) is 35.4 Å². The number of halogens is 2. The van der Waals surface area contributed by atoms with E-state index in [0.717, 1.165) is 43.2 Å². The molecular weight excluding hydrogens is 715 g/mol. The van der Waals surface area contributed by atoms with Crippen LogP contribution in [0.3, 0.4) is 0 Å². The smallest absolute Gasteiger partial charge is 0.693 e. The maximum atomic E-state index is 15.2. The van der Waals surface area contributed by atoms with Gasteiger partial charge in [0.2, 0.25) is 0 Å². The third-order valence-corrected chi connectivity index (χ3v) is 7.34. The number of rotatable bonds is 10. The number of carboxylic acid groups (broad SMARTS) is 1. The molecule has 0 aliphatic heterocycles. The average molecular weight is 755 g/mol. The first-order valence-corrected chi connectivity index (χ1v) is 14.0. The molecule has 1 fully saturated rings. The predicted octanol–water partition coefficient (Wildman–Crippen LogP) is 7.94. The molecule has 0 heterocycles. The number of carbonyl (C=O) groups is 1. The fourth-order valence-corrected chi connectivity index (χ4v) is 5.03. The van der Waals surface area contributed by atoms with Crippen LogP contribution in [0, 0.1) is 17.8 Å². The Morgan fingerprint density at radius 1 is 1.12 bits per heavy atom. The summed E-state index contributed by atoms with van der Waals surface area (Å²) in [5.74, 6) is -1.15. The van der Waals surface area contributed by atoms with E-state index in [1.165, 1.54) is 12.5 Å². The van der Waals surface area contributed by atoms with Gasteiger partial charge in [0.05, 0.1) is 23.6 Å². The van der Waals surface area contributed by atoms with E-state index < -0.39 is 17.9 Å². The van der Waals surface area contributed by atoms with Crippen LogP contribution in [-0.2, 0) is 25.9 Å². The van der Waals surface area contributed by atoms with Crippen LogP contribution in [0.5, 0.6) is 5.75 Å². The van der Waals surface area contributed by atoms with Crippen LogP contribution in [0.2, 0.25) is 5.02 Å². The number of hydrogen-bond donors (Lipinski definition) is 3. The van der Waals surface area contributed by atoms with Crippen LogP contribution in [0.4, 0.5) is 4.39 Å². The molecule has 0 spiro atoms. The van der Waals surface area contributed by atoms with Gasteiger partial charge in [-0.15, -0.1) is 17.7 Å². The van der Waals surface area contributed by atoms with Crippen LogP contribution >= 0.6 is 11.6 Å². The van der Waals surface area contributed by atoms with Gasteiger partial charge in [0.15, 0.2) is 0 Å². The zero-order valence-corrected chi connectivity index (χ0v) is 27.1. The topological polar surface area (TPSA) is 126 Å². The first kappa shape index (κ1) is 36.7. The first-order chi connectivity index (χ1) is 18.8. The van der Waals surface area contributed by atoms with E-state index in [4.69, 9.17) is 27.2 Å². The number of aliphatic carboxylic acids is 1. The van der Waals surface area contributed by atoms with Crippen molar-refractivity contribution in [1.82, 2.24) is 0 Å². The Balaban J connectivity index is 0.000000654. The summed E-state index contributed by atoms with van der Waals surface area (Å²) in [6, 6.07) is 21.5. The van der Waals surface area contributed by atoms with E-state index in [1.807, 2.05) is 49.4 Å². The predicted molar refractivity (Wildman–Crippen MR) is 159 cm³/mol. The fourth-order valence-electron chi connectivity index (χ4n) is 4.82. The second-order valence-electron chi connectivity index (χ2n) is 9.90. The molecule has 41 heavy (non-hydrogen) atoms. The van der Waals surface area contributed by atoms with Crippen LogP contribution in [0.1, 0.15) is 68.9 Å². The van der Waals surface area contributed by atoms with Gasteiger partial charge in [-0.1, -0.05) is 104 Å². The third-order valence-electron chi connectivity index (χ3n) is 7.01. The second-order valence-corrected chi connectivity index (χ2v) is 10.3. The molecule has 3 aromatic rings. The van der Waals surface area contributed by atoms with Crippen LogP contribution in [0.25, 0.3) is 17.3 Å². The molecule has 4 rings (SSSR count). The van der Waals surface area contributed by atoms with Gasteiger partial charge in [-0.2, -0.15) is 0 Å². The van der Waals surface area contributed by atoms with Gasteiger partial charge in [-0.05, 0) is 30.4 Å². The van der Waals surface area contributed by atoms with Gasteiger partial charge in [0, 0.05) is 17.5 Å². The van der Waals surface area contributed by atoms with Crippen molar-refractivity contribution in [2.24, 2.45) is 11.7 Å². The first-order valence-electron chi connectivity index (χ1n) is 13.6. The number of nitrogens with two attached hydrogens (primary N) is 2. The third kappa shape index (κ3) is 10.8. The van der Waals surface area contributed by atoms with Gasteiger partial charge in [-0.25, -0.2) is 0 Å². The summed E-state index contributed by atoms with van der Waals surface area (Å²) in [5, 5.41) is 18.8. The van der Waals surface area contributed by atoms with E-state index in [2.05, 4.69) is 6.07 Å². The molecule has 3 aromatic carbocycles. The quantitative estimate of drug-likeness (QED) is 0.181. The zero-order chi connectivity index (χ0) is 28.2. The van der Waals surface area contributed by atoms with Gasteiger partial charge in [-0.3, -0.25) is 9.18 Å². The van der Waals surface area contributed by atoms with Crippen molar-refractivity contribution in [1.29, 1.82) is 0 Å². The molecule has 1 unspecified atom stereocenters. The van der Waals surface area contributed by atoms with E-state index >= 15 is 4.39 Å². The summed E-state index contributed by atoms with van der Waals surface area (Å²) >= 11 is 6.42. The summed E-state index contributed by atoms with van der Waals surface area (Å²) in [5.41, 5.74) is 8.84. The molecular formula is C32H40ClFN2O4W. The van der Waals surface area contributed by atoms with Crippen molar-refractivity contribution in [2.45, 2.75) is 63.9 Å². The van der Waals surface area contributed by atoms with Crippen LogP contribution < -0.4 is 10.5 Å². The van der Waals surface area contributed by atoms with E-state index in [0.29, 0.717) is 23.6 Å². The molecule has 0 amide bonds. The summed E-state index contributed by atoms with van der Waals surface area (Å²) in [6.45, 7) is 2.42. The molecule has 6 nitrogen and oxygen atoms in total. The van der Waals surface area contributed by atoms with E-state index in [9.17, 15) is 9.90 Å². The minimum absolute atomic E-state index is 0. The molecule has 0 bridgehead atoms. The molecule has 1 aliphatic rings. The van der Waals surface area contributed by atoms with E-state index in [-0.39, 0.29) is 57.0 Å². The molecule has 222 valence electrons. The van der Waals surface area contributed by atoms with Gasteiger partial charge >= 0.3 is 27.0 Å². The Kier molecular flexibility index (Phi) is 17.0. The summed E-state index contributed by atoms with van der Waals surface area (Å²) in [7, 11) is 0. The molecule has 1 aliphatic carbocycles. The maximum absolute atomic E-state index is 15.2. The monoisotopic (exact) mass is 754 g/mol. The maximum Gasteiger partial charge on any atom is 2.00 e. The molecule has 9 heteroatoms. The average Bonchev–Trinajstić information content (AvgIpc) is 2.95. The normalized spacial score (nSPS) is 14.4. The summed E-state index contributed by atoms with van der Waals surface area (Å²) < 4.78 is 20.7. The largest absolute Gasteiger partial charge is 2.00 e. The Bertz CT molecular complexity index is 1200. The molecule has 0 saturated heterocycles. The van der Waals surface area contributed by atoms with Crippen molar-refractivity contribution in [3.8, 4) is 16.9 Å². The van der Waals surface area contributed by atoms with Gasteiger partial charge in [0.25, 0.3) is 0 Å². The molecule has 6 N–H and O–H groups in total. The Labute approximate surface area is 262 Å². The molecule has 1 saturated carbocycles. The zero-order valence-electron chi connectivity index (χ0n) is 23.4. The van der Waals surface area contributed by atoms with Crippen molar-refractivity contribution in [2.75, 3.05) is 13.2 Å². The molecule has 2 atom stereocenters. The minimum atomic E-state index is -0.634. The number of aliphatic hydroxyl groups is 1.